The number of likely N-dealkylation sites (tertiary alicyclic amines) is 1. The van der Waals surface area contributed by atoms with Gasteiger partial charge in [-0.15, -0.1) is 0 Å². The largest absolute Gasteiger partial charge is 0.369 e. The quantitative estimate of drug-likeness (QED) is 0.770. The highest BCUT2D eigenvalue weighted by atomic mass is 16.2. The summed E-state index contributed by atoms with van der Waals surface area (Å²) < 4.78 is 0. The first kappa shape index (κ1) is 15.0. The van der Waals surface area contributed by atoms with Gasteiger partial charge in [0.15, 0.2) is 0 Å². The summed E-state index contributed by atoms with van der Waals surface area (Å²) in [5, 5.41) is 0. The minimum atomic E-state index is -0.00102. The average molecular weight is 301 g/mol. The Hall–Kier alpha value is -1.88. The number of carbonyl (C=O) groups is 2. The van der Waals surface area contributed by atoms with Crippen LogP contribution in [0.4, 0.5) is 5.69 Å². The van der Waals surface area contributed by atoms with Crippen molar-refractivity contribution >= 4 is 17.5 Å². The summed E-state index contributed by atoms with van der Waals surface area (Å²) in [6.45, 7) is 5.68. The van der Waals surface area contributed by atoms with E-state index in [1.54, 1.807) is 0 Å². The Morgan fingerprint density at radius 1 is 0.818 bits per heavy atom. The maximum Gasteiger partial charge on any atom is 0.229 e. The maximum absolute atomic E-state index is 11.6. The number of hydrogen-bond donors (Lipinski definition) is 0. The first-order valence-corrected chi connectivity index (χ1v) is 8.09. The van der Waals surface area contributed by atoms with Crippen molar-refractivity contribution < 1.29 is 9.59 Å². The van der Waals surface area contributed by atoms with Crippen molar-refractivity contribution in [1.82, 2.24) is 9.80 Å². The lowest BCUT2D eigenvalue weighted by Crippen LogP contribution is -2.47. The van der Waals surface area contributed by atoms with Gasteiger partial charge in [-0.2, -0.15) is 0 Å². The molecule has 0 atom stereocenters. The lowest BCUT2D eigenvalue weighted by molar-refractivity contribution is -0.138. The van der Waals surface area contributed by atoms with Crippen LogP contribution in [0.5, 0.6) is 0 Å². The first-order valence-electron chi connectivity index (χ1n) is 8.09. The van der Waals surface area contributed by atoms with Crippen LogP contribution in [0.25, 0.3) is 0 Å². The molecule has 5 nitrogen and oxygen atoms in total. The molecule has 3 rings (SSSR count). The van der Waals surface area contributed by atoms with E-state index >= 15 is 0 Å². The zero-order valence-corrected chi connectivity index (χ0v) is 12.9. The summed E-state index contributed by atoms with van der Waals surface area (Å²) in [6.07, 6.45) is 1.67. The van der Waals surface area contributed by atoms with Gasteiger partial charge in [-0.3, -0.25) is 19.4 Å². The molecule has 2 amide bonds. The van der Waals surface area contributed by atoms with Crippen LogP contribution in [0.3, 0.4) is 0 Å². The van der Waals surface area contributed by atoms with Gasteiger partial charge < -0.3 is 4.90 Å². The molecule has 22 heavy (non-hydrogen) atoms. The molecule has 0 saturated carbocycles. The molecule has 2 aliphatic rings. The zero-order valence-electron chi connectivity index (χ0n) is 12.9. The molecule has 0 unspecified atom stereocenters. The van der Waals surface area contributed by atoms with Crippen molar-refractivity contribution in [2.75, 3.05) is 44.2 Å². The summed E-state index contributed by atoms with van der Waals surface area (Å²) >= 11 is 0. The fourth-order valence-corrected chi connectivity index (χ4v) is 3.19. The number of nitrogens with zero attached hydrogens (tertiary/aromatic N) is 3. The van der Waals surface area contributed by atoms with E-state index in [1.165, 1.54) is 10.6 Å². The van der Waals surface area contributed by atoms with E-state index in [2.05, 4.69) is 34.1 Å². The molecule has 0 N–H and O–H groups in total. The van der Waals surface area contributed by atoms with Crippen molar-refractivity contribution in [1.29, 1.82) is 0 Å². The number of carbonyl (C=O) groups excluding carboxylic acids is 2. The monoisotopic (exact) mass is 301 g/mol. The van der Waals surface area contributed by atoms with E-state index in [9.17, 15) is 9.59 Å². The molecule has 2 aliphatic heterocycles. The van der Waals surface area contributed by atoms with Crippen LogP contribution < -0.4 is 4.90 Å². The van der Waals surface area contributed by atoms with Gasteiger partial charge in [0.25, 0.3) is 0 Å². The zero-order chi connectivity index (χ0) is 15.4. The van der Waals surface area contributed by atoms with Crippen LogP contribution in [0.15, 0.2) is 30.3 Å². The Bertz CT molecular complexity index is 508. The highest BCUT2D eigenvalue weighted by Crippen LogP contribution is 2.16. The standard InChI is InChI=1S/C17H23N3O2/c21-16-7-8-17(22)20(16)10-4-9-18-11-13-19(14-12-18)15-5-2-1-3-6-15/h1-3,5-6H,4,7-14H2. The molecule has 2 heterocycles. The van der Waals surface area contributed by atoms with Crippen molar-refractivity contribution in [3.8, 4) is 0 Å². The third kappa shape index (κ3) is 3.47. The third-order valence-corrected chi connectivity index (χ3v) is 4.50. The lowest BCUT2D eigenvalue weighted by Gasteiger charge is -2.36. The van der Waals surface area contributed by atoms with Gasteiger partial charge in [0.1, 0.15) is 0 Å². The number of para-hydroxylation sites is 1. The molecule has 0 bridgehead atoms. The minimum absolute atomic E-state index is 0.00102. The number of piperazine rings is 1. The summed E-state index contributed by atoms with van der Waals surface area (Å²) in [7, 11) is 0. The summed E-state index contributed by atoms with van der Waals surface area (Å²) in [4.78, 5) is 29.4. The second-order valence-electron chi connectivity index (χ2n) is 5.96. The van der Waals surface area contributed by atoms with Gasteiger partial charge in [0, 0.05) is 51.3 Å². The van der Waals surface area contributed by atoms with Crippen LogP contribution in [-0.4, -0.2) is 60.9 Å². The highest BCUT2D eigenvalue weighted by Gasteiger charge is 2.28. The van der Waals surface area contributed by atoms with Crippen LogP contribution in [0.1, 0.15) is 19.3 Å². The fraction of sp³-hybridized carbons (Fsp3) is 0.529. The van der Waals surface area contributed by atoms with Gasteiger partial charge >= 0.3 is 0 Å². The number of rotatable bonds is 5. The Labute approximate surface area is 131 Å². The van der Waals surface area contributed by atoms with Gasteiger partial charge in [-0.1, -0.05) is 18.2 Å². The van der Waals surface area contributed by atoms with Crippen LogP contribution in [0.2, 0.25) is 0 Å². The minimum Gasteiger partial charge on any atom is -0.369 e. The molecule has 5 heteroatoms. The highest BCUT2D eigenvalue weighted by molar-refractivity contribution is 6.01. The van der Waals surface area contributed by atoms with Crippen LogP contribution in [-0.2, 0) is 9.59 Å². The number of amides is 2. The summed E-state index contributed by atoms with van der Waals surface area (Å²) in [6, 6.07) is 10.5. The van der Waals surface area contributed by atoms with Crippen molar-refractivity contribution in [3.05, 3.63) is 30.3 Å². The topological polar surface area (TPSA) is 43.9 Å². The van der Waals surface area contributed by atoms with Crippen molar-refractivity contribution in [2.24, 2.45) is 0 Å². The Morgan fingerprint density at radius 2 is 1.45 bits per heavy atom. The molecule has 0 aliphatic carbocycles. The molecule has 1 aromatic rings. The van der Waals surface area contributed by atoms with Crippen LogP contribution >= 0.6 is 0 Å². The van der Waals surface area contributed by atoms with Gasteiger partial charge in [-0.25, -0.2) is 0 Å². The average Bonchev–Trinajstić information content (AvgIpc) is 2.88. The van der Waals surface area contributed by atoms with E-state index in [1.807, 2.05) is 6.07 Å². The number of benzene rings is 1. The molecule has 118 valence electrons. The Morgan fingerprint density at radius 3 is 2.09 bits per heavy atom. The van der Waals surface area contributed by atoms with Crippen LogP contribution in [0, 0.1) is 0 Å². The molecule has 2 saturated heterocycles. The van der Waals surface area contributed by atoms with Gasteiger partial charge in [0.2, 0.25) is 11.8 Å². The molecule has 0 spiro atoms. The number of hydrogen-bond acceptors (Lipinski definition) is 4. The fourth-order valence-electron chi connectivity index (χ4n) is 3.19. The molecule has 0 radical (unpaired) electrons. The SMILES string of the molecule is O=C1CCC(=O)N1CCCN1CCN(c2ccccc2)CC1. The number of imide groups is 1. The molecule has 2 fully saturated rings. The van der Waals surface area contributed by atoms with Crippen molar-refractivity contribution in [2.45, 2.75) is 19.3 Å². The molecule has 0 aromatic heterocycles. The lowest BCUT2D eigenvalue weighted by atomic mass is 10.2. The molecular formula is C17H23N3O2. The third-order valence-electron chi connectivity index (χ3n) is 4.50. The smallest absolute Gasteiger partial charge is 0.229 e. The van der Waals surface area contributed by atoms with E-state index in [4.69, 9.17) is 0 Å². The van der Waals surface area contributed by atoms with Gasteiger partial charge in [0.05, 0.1) is 0 Å². The Kier molecular flexibility index (Phi) is 4.73. The summed E-state index contributed by atoms with van der Waals surface area (Å²) in [5.41, 5.74) is 1.29. The van der Waals surface area contributed by atoms with Crippen molar-refractivity contribution in [3.63, 3.8) is 0 Å². The van der Waals surface area contributed by atoms with E-state index in [0.717, 1.165) is 39.1 Å². The second kappa shape index (κ2) is 6.92. The molecule has 1 aromatic carbocycles. The molecular weight excluding hydrogens is 278 g/mol. The second-order valence-corrected chi connectivity index (χ2v) is 5.96. The van der Waals surface area contributed by atoms with E-state index < -0.39 is 0 Å². The summed E-state index contributed by atoms with van der Waals surface area (Å²) in [5.74, 6) is -0.00204. The predicted molar refractivity (Wildman–Crippen MR) is 85.7 cm³/mol. The first-order chi connectivity index (χ1) is 10.7. The van der Waals surface area contributed by atoms with E-state index in [-0.39, 0.29) is 11.8 Å². The van der Waals surface area contributed by atoms with Gasteiger partial charge in [-0.05, 0) is 25.1 Å². The number of anilines is 1. The Balaban J connectivity index is 1.39. The predicted octanol–water partition coefficient (Wildman–Crippen LogP) is 1.35. The normalized spacial score (nSPS) is 20.0. The maximum atomic E-state index is 11.6. The van der Waals surface area contributed by atoms with E-state index in [0.29, 0.717) is 19.4 Å².